The largest absolute Gasteiger partial charge is 0.416 e. The highest BCUT2D eigenvalue weighted by molar-refractivity contribution is 6.30. The van der Waals surface area contributed by atoms with Crippen molar-refractivity contribution in [2.24, 2.45) is 5.92 Å². The predicted molar refractivity (Wildman–Crippen MR) is 114 cm³/mol. The van der Waals surface area contributed by atoms with Crippen molar-refractivity contribution in [1.82, 2.24) is 4.90 Å². The van der Waals surface area contributed by atoms with Gasteiger partial charge in [-0.2, -0.15) is 26.3 Å². The molecule has 10 heteroatoms. The molecule has 3 nitrogen and oxygen atoms in total. The number of benzene rings is 2. The van der Waals surface area contributed by atoms with Crippen LogP contribution in [0, 0.1) is 5.92 Å². The molecule has 0 radical (unpaired) electrons. The number of anilines is 1. The van der Waals surface area contributed by atoms with E-state index in [2.05, 4.69) is 5.32 Å². The van der Waals surface area contributed by atoms with E-state index in [1.807, 2.05) is 0 Å². The average Bonchev–Trinajstić information content (AvgIpc) is 2.74. The van der Waals surface area contributed by atoms with Crippen LogP contribution >= 0.6 is 11.6 Å². The van der Waals surface area contributed by atoms with Crippen molar-refractivity contribution in [2.45, 2.75) is 37.5 Å². The van der Waals surface area contributed by atoms with Gasteiger partial charge in [-0.3, -0.25) is 4.79 Å². The lowest BCUT2D eigenvalue weighted by molar-refractivity contribution is -0.183. The summed E-state index contributed by atoms with van der Waals surface area (Å²) in [6.07, 6.45) is -8.69. The molecule has 0 bridgehead atoms. The molecule has 1 heterocycles. The third-order valence-electron chi connectivity index (χ3n) is 5.69. The van der Waals surface area contributed by atoms with Crippen molar-refractivity contribution < 1.29 is 31.1 Å². The highest BCUT2D eigenvalue weighted by Crippen LogP contribution is 2.35. The third kappa shape index (κ3) is 7.37. The molecule has 0 aliphatic carbocycles. The summed E-state index contributed by atoms with van der Waals surface area (Å²) < 4.78 is 80.1. The van der Waals surface area contributed by atoms with Gasteiger partial charge in [0.2, 0.25) is 5.91 Å². The summed E-state index contributed by atoms with van der Waals surface area (Å²) in [6, 6.07) is 10.9. The Labute approximate surface area is 192 Å². The van der Waals surface area contributed by atoms with Crippen molar-refractivity contribution >= 4 is 23.2 Å². The molecule has 180 valence electrons. The normalized spacial score (nSPS) is 18.7. The molecular formula is C23H23ClF6N2O. The molecule has 3 rings (SSSR count). The molecule has 0 spiro atoms. The number of hydrogen-bond acceptors (Lipinski definition) is 2. The molecular weight excluding hydrogens is 470 g/mol. The predicted octanol–water partition coefficient (Wildman–Crippen LogP) is 6.75. The Morgan fingerprint density at radius 1 is 1.09 bits per heavy atom. The van der Waals surface area contributed by atoms with E-state index in [1.54, 1.807) is 11.0 Å². The number of nitrogens with one attached hydrogen (secondary N) is 1. The molecule has 1 saturated heterocycles. The SMILES string of the molecule is O=C(C[C@@H](CN1CCC[C@H](c2cccc(C(F)(F)F)c2)C1)C(F)(F)F)Nc1ccc(Cl)cc1. The van der Waals surface area contributed by atoms with Gasteiger partial charge in [-0.1, -0.05) is 29.8 Å². The molecule has 1 aliphatic heterocycles. The summed E-state index contributed by atoms with van der Waals surface area (Å²) in [4.78, 5) is 13.8. The summed E-state index contributed by atoms with van der Waals surface area (Å²) >= 11 is 5.77. The first-order chi connectivity index (χ1) is 15.4. The summed E-state index contributed by atoms with van der Waals surface area (Å²) in [5.41, 5.74) is 0.0237. The van der Waals surface area contributed by atoms with Gasteiger partial charge >= 0.3 is 12.4 Å². The first kappa shape index (κ1) is 25.4. The van der Waals surface area contributed by atoms with Gasteiger partial charge in [0, 0.05) is 30.2 Å². The summed E-state index contributed by atoms with van der Waals surface area (Å²) in [5.74, 6) is -2.98. The fraction of sp³-hybridized carbons (Fsp3) is 0.435. The Morgan fingerprint density at radius 3 is 2.42 bits per heavy atom. The molecule has 1 N–H and O–H groups in total. The molecule has 2 atom stereocenters. The first-order valence-corrected chi connectivity index (χ1v) is 10.8. The zero-order valence-corrected chi connectivity index (χ0v) is 18.3. The van der Waals surface area contributed by atoms with E-state index in [0.717, 1.165) is 12.1 Å². The molecule has 0 unspecified atom stereocenters. The van der Waals surface area contributed by atoms with Crippen LogP contribution in [0.2, 0.25) is 5.02 Å². The summed E-state index contributed by atoms with van der Waals surface area (Å²) in [6.45, 7) is 0.195. The fourth-order valence-corrected chi connectivity index (χ4v) is 4.15. The van der Waals surface area contributed by atoms with Crippen LogP contribution in [-0.4, -0.2) is 36.6 Å². The van der Waals surface area contributed by atoms with E-state index >= 15 is 0 Å². The number of rotatable bonds is 6. The van der Waals surface area contributed by atoms with E-state index in [-0.39, 0.29) is 12.5 Å². The minimum atomic E-state index is -4.60. The molecule has 0 aromatic heterocycles. The van der Waals surface area contributed by atoms with Gasteiger partial charge < -0.3 is 10.2 Å². The highest BCUT2D eigenvalue weighted by atomic mass is 35.5. The topological polar surface area (TPSA) is 32.3 Å². The van der Waals surface area contributed by atoms with Crippen LogP contribution < -0.4 is 5.32 Å². The Kier molecular flexibility index (Phi) is 7.95. The lowest BCUT2D eigenvalue weighted by Crippen LogP contribution is -2.42. The van der Waals surface area contributed by atoms with E-state index in [1.165, 1.54) is 30.3 Å². The second-order valence-corrected chi connectivity index (χ2v) is 8.66. The smallest absolute Gasteiger partial charge is 0.326 e. The van der Waals surface area contributed by atoms with Gasteiger partial charge in [-0.05, 0) is 61.2 Å². The molecule has 2 aromatic carbocycles. The molecule has 33 heavy (non-hydrogen) atoms. The number of carbonyl (C=O) groups is 1. The minimum Gasteiger partial charge on any atom is -0.326 e. The maximum Gasteiger partial charge on any atom is 0.416 e. The summed E-state index contributed by atoms with van der Waals surface area (Å²) in [7, 11) is 0. The Morgan fingerprint density at radius 2 is 1.79 bits per heavy atom. The number of nitrogens with zero attached hydrogens (tertiary/aromatic N) is 1. The van der Waals surface area contributed by atoms with Crippen LogP contribution in [0.5, 0.6) is 0 Å². The first-order valence-electron chi connectivity index (χ1n) is 10.4. The third-order valence-corrected chi connectivity index (χ3v) is 5.94. The zero-order valence-electron chi connectivity index (χ0n) is 17.5. The van der Waals surface area contributed by atoms with Crippen molar-refractivity contribution in [3.05, 3.63) is 64.7 Å². The van der Waals surface area contributed by atoms with Crippen LogP contribution in [0.15, 0.2) is 48.5 Å². The zero-order chi connectivity index (χ0) is 24.2. The van der Waals surface area contributed by atoms with Gasteiger partial charge in [0.25, 0.3) is 0 Å². The maximum atomic E-state index is 13.7. The summed E-state index contributed by atoms with van der Waals surface area (Å²) in [5, 5.41) is 2.87. The number of piperidine rings is 1. The number of likely N-dealkylation sites (tertiary alicyclic amines) is 1. The lowest BCUT2D eigenvalue weighted by atomic mass is 9.89. The van der Waals surface area contributed by atoms with E-state index in [0.29, 0.717) is 35.7 Å². The quantitative estimate of drug-likeness (QED) is 0.453. The Hall–Kier alpha value is -2.26. The molecule has 1 fully saturated rings. The van der Waals surface area contributed by atoms with Crippen molar-refractivity contribution in [1.29, 1.82) is 0 Å². The van der Waals surface area contributed by atoms with Crippen molar-refractivity contribution in [3.8, 4) is 0 Å². The van der Waals surface area contributed by atoms with Gasteiger partial charge in [0.15, 0.2) is 0 Å². The molecule has 1 amide bonds. The molecule has 0 saturated carbocycles. The Bertz CT molecular complexity index is 945. The van der Waals surface area contributed by atoms with Crippen LogP contribution in [0.25, 0.3) is 0 Å². The van der Waals surface area contributed by atoms with Gasteiger partial charge in [-0.25, -0.2) is 0 Å². The van der Waals surface area contributed by atoms with E-state index in [9.17, 15) is 31.1 Å². The number of alkyl halides is 6. The molecule has 2 aromatic rings. The monoisotopic (exact) mass is 492 g/mol. The van der Waals surface area contributed by atoms with E-state index < -0.39 is 42.7 Å². The van der Waals surface area contributed by atoms with Crippen LogP contribution in [0.4, 0.5) is 32.0 Å². The average molecular weight is 493 g/mol. The maximum absolute atomic E-state index is 13.7. The standard InChI is InChI=1S/C23H23ClF6N2O/c24-19-6-8-20(9-7-19)31-21(33)12-18(23(28,29)30)14-32-10-2-4-16(13-32)15-3-1-5-17(11-15)22(25,26)27/h1,3,5-9,11,16,18H,2,4,10,12-14H2,(H,31,33)/t16-,18-/m0/s1. The number of amides is 1. The van der Waals surface area contributed by atoms with Crippen LogP contribution in [0.3, 0.4) is 0 Å². The second-order valence-electron chi connectivity index (χ2n) is 8.22. The number of halogens is 7. The van der Waals surface area contributed by atoms with Gasteiger partial charge in [0.05, 0.1) is 11.5 Å². The molecule has 1 aliphatic rings. The van der Waals surface area contributed by atoms with Gasteiger partial charge in [0.1, 0.15) is 0 Å². The van der Waals surface area contributed by atoms with Crippen molar-refractivity contribution in [2.75, 3.05) is 25.0 Å². The van der Waals surface area contributed by atoms with Crippen molar-refractivity contribution in [3.63, 3.8) is 0 Å². The fourth-order valence-electron chi connectivity index (χ4n) is 4.03. The minimum absolute atomic E-state index is 0.201. The van der Waals surface area contributed by atoms with Gasteiger partial charge in [-0.15, -0.1) is 0 Å². The lowest BCUT2D eigenvalue weighted by Gasteiger charge is -2.35. The Balaban J connectivity index is 1.65. The second kappa shape index (κ2) is 10.3. The highest BCUT2D eigenvalue weighted by Gasteiger charge is 2.42. The van der Waals surface area contributed by atoms with Crippen LogP contribution in [-0.2, 0) is 11.0 Å². The number of carbonyl (C=O) groups excluding carboxylic acids is 1. The number of hydrogen-bond donors (Lipinski definition) is 1. The van der Waals surface area contributed by atoms with Crippen LogP contribution in [0.1, 0.15) is 36.3 Å². The van der Waals surface area contributed by atoms with E-state index in [4.69, 9.17) is 11.6 Å².